The lowest BCUT2D eigenvalue weighted by molar-refractivity contribution is 0.102. The van der Waals surface area contributed by atoms with Crippen LogP contribution in [0.5, 0.6) is 0 Å². The van der Waals surface area contributed by atoms with Gasteiger partial charge in [0.15, 0.2) is 0 Å². The van der Waals surface area contributed by atoms with Gasteiger partial charge in [-0.05, 0) is 30.3 Å². The number of benzene rings is 2. The number of thiol groups is 1. The summed E-state index contributed by atoms with van der Waals surface area (Å²) >= 11 is 4.18. The number of anilines is 1. The summed E-state index contributed by atoms with van der Waals surface area (Å²) in [7, 11) is 0. The van der Waals surface area contributed by atoms with Gasteiger partial charge in [0.1, 0.15) is 6.07 Å². The molecule has 18 heavy (non-hydrogen) atoms. The summed E-state index contributed by atoms with van der Waals surface area (Å²) in [6.45, 7) is 0. The van der Waals surface area contributed by atoms with Crippen LogP contribution in [0.4, 0.5) is 5.69 Å². The maximum Gasteiger partial charge on any atom is 0.255 e. The maximum absolute atomic E-state index is 12.0. The fraction of sp³-hybridized carbons (Fsp3) is 0. The third kappa shape index (κ3) is 2.70. The van der Waals surface area contributed by atoms with E-state index < -0.39 is 0 Å². The minimum Gasteiger partial charge on any atom is -0.321 e. The number of para-hydroxylation sites is 1. The average Bonchev–Trinajstić information content (AvgIpc) is 2.39. The van der Waals surface area contributed by atoms with E-state index in [4.69, 9.17) is 5.26 Å². The fourth-order valence-corrected chi connectivity index (χ4v) is 1.76. The molecule has 0 bridgehead atoms. The highest BCUT2D eigenvalue weighted by molar-refractivity contribution is 7.80. The normalized spacial score (nSPS) is 9.56. The summed E-state index contributed by atoms with van der Waals surface area (Å²) in [4.78, 5) is 12.7. The Morgan fingerprint density at radius 2 is 1.94 bits per heavy atom. The summed E-state index contributed by atoms with van der Waals surface area (Å²) in [5, 5.41) is 11.6. The van der Waals surface area contributed by atoms with Crippen molar-refractivity contribution in [3.05, 3.63) is 59.7 Å². The van der Waals surface area contributed by atoms with Gasteiger partial charge in [0.25, 0.3) is 5.91 Å². The molecule has 4 heteroatoms. The largest absolute Gasteiger partial charge is 0.321 e. The van der Waals surface area contributed by atoms with Crippen molar-refractivity contribution in [1.29, 1.82) is 5.26 Å². The van der Waals surface area contributed by atoms with Gasteiger partial charge in [-0.15, -0.1) is 12.6 Å². The molecule has 0 aliphatic rings. The van der Waals surface area contributed by atoms with Crippen LogP contribution in [0.3, 0.4) is 0 Å². The van der Waals surface area contributed by atoms with Crippen LogP contribution in [0.2, 0.25) is 0 Å². The van der Waals surface area contributed by atoms with Crippen LogP contribution in [0.1, 0.15) is 15.9 Å². The molecule has 2 aromatic rings. The van der Waals surface area contributed by atoms with E-state index in [2.05, 4.69) is 17.9 Å². The van der Waals surface area contributed by atoms with Gasteiger partial charge in [0, 0.05) is 10.5 Å². The molecule has 0 aliphatic heterocycles. The van der Waals surface area contributed by atoms with E-state index in [-0.39, 0.29) is 5.91 Å². The molecule has 2 aromatic carbocycles. The molecule has 0 fully saturated rings. The van der Waals surface area contributed by atoms with E-state index in [0.29, 0.717) is 16.8 Å². The van der Waals surface area contributed by atoms with E-state index in [9.17, 15) is 4.79 Å². The average molecular weight is 254 g/mol. The Hall–Kier alpha value is -2.25. The second kappa shape index (κ2) is 5.39. The SMILES string of the molecule is N#Cc1ccccc1NC(=O)c1cccc(S)c1. The van der Waals surface area contributed by atoms with E-state index in [1.165, 1.54) is 0 Å². The molecular formula is C14H10N2OS. The van der Waals surface area contributed by atoms with E-state index in [1.807, 2.05) is 6.07 Å². The standard InChI is InChI=1S/C14H10N2OS/c15-9-11-4-1-2-7-13(11)16-14(17)10-5-3-6-12(18)8-10/h1-8,18H,(H,16,17). The molecule has 0 saturated carbocycles. The van der Waals surface area contributed by atoms with Crippen molar-refractivity contribution >= 4 is 24.2 Å². The van der Waals surface area contributed by atoms with E-state index >= 15 is 0 Å². The van der Waals surface area contributed by atoms with Crippen molar-refractivity contribution in [1.82, 2.24) is 0 Å². The zero-order valence-electron chi connectivity index (χ0n) is 9.42. The monoisotopic (exact) mass is 254 g/mol. The second-order valence-electron chi connectivity index (χ2n) is 3.66. The minimum absolute atomic E-state index is 0.256. The molecule has 0 aliphatic carbocycles. The number of nitriles is 1. The number of amides is 1. The Morgan fingerprint density at radius 3 is 2.67 bits per heavy atom. The molecule has 0 atom stereocenters. The van der Waals surface area contributed by atoms with Gasteiger partial charge in [-0.2, -0.15) is 5.26 Å². The summed E-state index contributed by atoms with van der Waals surface area (Å²) in [6, 6.07) is 15.8. The number of rotatable bonds is 2. The van der Waals surface area contributed by atoms with Crippen molar-refractivity contribution in [3.63, 3.8) is 0 Å². The zero-order chi connectivity index (χ0) is 13.0. The van der Waals surface area contributed by atoms with Gasteiger partial charge in [-0.1, -0.05) is 18.2 Å². The molecule has 0 radical (unpaired) electrons. The van der Waals surface area contributed by atoms with Gasteiger partial charge in [0.2, 0.25) is 0 Å². The predicted octanol–water partition coefficient (Wildman–Crippen LogP) is 3.10. The molecule has 2 rings (SSSR count). The van der Waals surface area contributed by atoms with Gasteiger partial charge < -0.3 is 5.32 Å². The first kappa shape index (κ1) is 12.2. The predicted molar refractivity (Wildman–Crippen MR) is 72.8 cm³/mol. The van der Waals surface area contributed by atoms with Crippen molar-refractivity contribution < 1.29 is 4.79 Å². The topological polar surface area (TPSA) is 52.9 Å². The molecular weight excluding hydrogens is 244 g/mol. The molecule has 0 heterocycles. The number of carbonyl (C=O) groups is 1. The Morgan fingerprint density at radius 1 is 1.17 bits per heavy atom. The molecule has 0 spiro atoms. The highest BCUT2D eigenvalue weighted by Gasteiger charge is 2.08. The third-order valence-corrected chi connectivity index (χ3v) is 2.68. The zero-order valence-corrected chi connectivity index (χ0v) is 10.3. The van der Waals surface area contributed by atoms with Crippen molar-refractivity contribution in [2.24, 2.45) is 0 Å². The highest BCUT2D eigenvalue weighted by Crippen LogP contribution is 2.16. The molecule has 88 valence electrons. The van der Waals surface area contributed by atoms with Gasteiger partial charge in [-0.25, -0.2) is 0 Å². The number of nitrogens with zero attached hydrogens (tertiary/aromatic N) is 1. The molecule has 1 amide bonds. The summed E-state index contributed by atoms with van der Waals surface area (Å²) in [5.74, 6) is -0.256. The highest BCUT2D eigenvalue weighted by atomic mass is 32.1. The Balaban J connectivity index is 2.25. The van der Waals surface area contributed by atoms with Crippen LogP contribution in [0.15, 0.2) is 53.4 Å². The van der Waals surface area contributed by atoms with Gasteiger partial charge in [0.05, 0.1) is 11.3 Å². The first-order chi connectivity index (χ1) is 8.70. The molecule has 1 N–H and O–H groups in total. The van der Waals surface area contributed by atoms with Gasteiger partial charge in [-0.3, -0.25) is 4.79 Å². The molecule has 0 saturated heterocycles. The second-order valence-corrected chi connectivity index (χ2v) is 4.18. The van der Waals surface area contributed by atoms with E-state index in [1.54, 1.807) is 48.5 Å². The molecule has 0 unspecified atom stereocenters. The quantitative estimate of drug-likeness (QED) is 0.809. The Kier molecular flexibility index (Phi) is 3.66. The number of hydrogen-bond donors (Lipinski definition) is 2. The lowest BCUT2D eigenvalue weighted by atomic mass is 10.1. The van der Waals surface area contributed by atoms with E-state index in [0.717, 1.165) is 4.90 Å². The van der Waals surface area contributed by atoms with Crippen LogP contribution in [0, 0.1) is 11.3 Å². The van der Waals surface area contributed by atoms with Crippen molar-refractivity contribution in [2.75, 3.05) is 5.32 Å². The van der Waals surface area contributed by atoms with Crippen LogP contribution in [0.25, 0.3) is 0 Å². The number of hydrogen-bond acceptors (Lipinski definition) is 3. The first-order valence-corrected chi connectivity index (χ1v) is 5.75. The number of carbonyl (C=O) groups excluding carboxylic acids is 1. The van der Waals surface area contributed by atoms with Crippen LogP contribution >= 0.6 is 12.6 Å². The van der Waals surface area contributed by atoms with Crippen LogP contribution in [-0.2, 0) is 0 Å². The van der Waals surface area contributed by atoms with Gasteiger partial charge >= 0.3 is 0 Å². The summed E-state index contributed by atoms with van der Waals surface area (Å²) < 4.78 is 0. The fourth-order valence-electron chi connectivity index (χ4n) is 1.53. The number of nitrogens with one attached hydrogen (secondary N) is 1. The van der Waals surface area contributed by atoms with Crippen LogP contribution < -0.4 is 5.32 Å². The minimum atomic E-state index is -0.256. The third-order valence-electron chi connectivity index (χ3n) is 2.40. The van der Waals surface area contributed by atoms with Crippen molar-refractivity contribution in [3.8, 4) is 6.07 Å². The Labute approximate surface area is 110 Å². The van der Waals surface area contributed by atoms with Crippen LogP contribution in [-0.4, -0.2) is 5.91 Å². The maximum atomic E-state index is 12.0. The lowest BCUT2D eigenvalue weighted by Crippen LogP contribution is -2.12. The summed E-state index contributed by atoms with van der Waals surface area (Å²) in [5.41, 5.74) is 1.46. The molecule has 0 aromatic heterocycles. The lowest BCUT2D eigenvalue weighted by Gasteiger charge is -2.07. The first-order valence-electron chi connectivity index (χ1n) is 5.30. The smallest absolute Gasteiger partial charge is 0.255 e. The summed E-state index contributed by atoms with van der Waals surface area (Å²) in [6.07, 6.45) is 0. The molecule has 3 nitrogen and oxygen atoms in total. The van der Waals surface area contributed by atoms with Crippen molar-refractivity contribution in [2.45, 2.75) is 4.90 Å². The Bertz CT molecular complexity index is 632.